The van der Waals surface area contributed by atoms with Gasteiger partial charge in [0.1, 0.15) is 0 Å². The number of pyridine rings is 1. The monoisotopic (exact) mass is 560 g/mol. The first kappa shape index (κ1) is 29.0. The Morgan fingerprint density at radius 1 is 0.900 bits per heavy atom. The van der Waals surface area contributed by atoms with Crippen molar-refractivity contribution in [2.24, 2.45) is 23.3 Å². The summed E-state index contributed by atoms with van der Waals surface area (Å²) in [6.07, 6.45) is 6.97. The highest BCUT2D eigenvalue weighted by molar-refractivity contribution is 6.17. The van der Waals surface area contributed by atoms with Gasteiger partial charge in [-0.3, -0.25) is 14.6 Å². The van der Waals surface area contributed by atoms with Gasteiger partial charge in [-0.05, 0) is 103 Å². The molecule has 1 aliphatic rings. The molecule has 40 heavy (non-hydrogen) atoms. The van der Waals surface area contributed by atoms with Crippen LogP contribution in [-0.2, 0) is 16.0 Å². The molecule has 1 saturated carbocycles. The summed E-state index contributed by atoms with van der Waals surface area (Å²) in [7, 11) is 0. The number of nitrogens with one attached hydrogen (secondary N) is 1. The molecular formula is C29H33ClN8O2. The van der Waals surface area contributed by atoms with Crippen LogP contribution >= 0.6 is 12.4 Å². The van der Waals surface area contributed by atoms with Crippen molar-refractivity contribution in [1.29, 1.82) is 0 Å². The first-order chi connectivity index (χ1) is 19.0. The zero-order valence-corrected chi connectivity index (χ0v) is 22.8. The van der Waals surface area contributed by atoms with Crippen LogP contribution in [0.1, 0.15) is 31.2 Å². The third-order valence-corrected chi connectivity index (χ3v) is 7.44. The quantitative estimate of drug-likeness (QED) is 0.295. The summed E-state index contributed by atoms with van der Waals surface area (Å²) in [5.41, 5.74) is 16.5. The number of H-pyrrole nitrogens is 1. The molecule has 11 heteroatoms. The van der Waals surface area contributed by atoms with Crippen LogP contribution in [0.25, 0.3) is 22.5 Å². The van der Waals surface area contributed by atoms with E-state index in [1.807, 2.05) is 36.4 Å². The number of hydrogen-bond donors (Lipinski definition) is 3. The normalized spacial score (nSPS) is 17.4. The minimum atomic E-state index is -0.891. The zero-order valence-electron chi connectivity index (χ0n) is 22.0. The van der Waals surface area contributed by atoms with E-state index in [1.165, 1.54) is 4.90 Å². The first-order valence-corrected chi connectivity index (χ1v) is 13.2. The molecule has 10 nitrogen and oxygen atoms in total. The van der Waals surface area contributed by atoms with Gasteiger partial charge >= 0.3 is 0 Å². The maximum Gasteiger partial charge on any atom is 0.251 e. The van der Waals surface area contributed by atoms with Crippen molar-refractivity contribution < 1.29 is 9.59 Å². The van der Waals surface area contributed by atoms with Crippen LogP contribution in [0, 0.1) is 11.8 Å². The Kier molecular flexibility index (Phi) is 9.70. The van der Waals surface area contributed by atoms with E-state index in [4.69, 9.17) is 11.5 Å². The molecule has 0 spiro atoms. The molecule has 1 aliphatic carbocycles. The van der Waals surface area contributed by atoms with Crippen LogP contribution in [0.2, 0.25) is 0 Å². The van der Waals surface area contributed by atoms with E-state index in [1.54, 1.807) is 36.7 Å². The molecule has 2 heterocycles. The molecule has 5 rings (SSSR count). The topological polar surface area (TPSA) is 157 Å². The van der Waals surface area contributed by atoms with E-state index < -0.39 is 11.9 Å². The van der Waals surface area contributed by atoms with Crippen molar-refractivity contribution in [3.05, 3.63) is 78.6 Å². The van der Waals surface area contributed by atoms with Gasteiger partial charge in [-0.15, -0.1) is 22.6 Å². The van der Waals surface area contributed by atoms with Crippen molar-refractivity contribution in [3.63, 3.8) is 0 Å². The summed E-state index contributed by atoms with van der Waals surface area (Å²) in [5, 5.41) is 14.0. The van der Waals surface area contributed by atoms with Gasteiger partial charge in [-0.2, -0.15) is 5.21 Å². The number of anilines is 1. The number of carbonyl (C=O) groups excluding carboxylic acids is 2. The Labute approximate surface area is 239 Å². The summed E-state index contributed by atoms with van der Waals surface area (Å²) in [6, 6.07) is 17.9. The minimum absolute atomic E-state index is 0. The second-order valence-corrected chi connectivity index (χ2v) is 9.99. The Morgan fingerprint density at radius 2 is 1.52 bits per heavy atom. The van der Waals surface area contributed by atoms with E-state index >= 15 is 0 Å². The maximum absolute atomic E-state index is 13.8. The van der Waals surface area contributed by atoms with Gasteiger partial charge in [0.25, 0.3) is 5.91 Å². The summed E-state index contributed by atoms with van der Waals surface area (Å²) >= 11 is 0. The van der Waals surface area contributed by atoms with Gasteiger partial charge < -0.3 is 11.5 Å². The second-order valence-electron chi connectivity index (χ2n) is 9.99. The fraction of sp³-hybridized carbons (Fsp3) is 0.310. The summed E-state index contributed by atoms with van der Waals surface area (Å²) < 4.78 is 0. The Hall–Kier alpha value is -3.99. The largest absolute Gasteiger partial charge is 0.330 e. The van der Waals surface area contributed by atoms with Gasteiger partial charge in [0.05, 0.1) is 11.7 Å². The van der Waals surface area contributed by atoms with Crippen LogP contribution in [-0.4, -0.2) is 50.0 Å². The maximum atomic E-state index is 13.8. The highest BCUT2D eigenvalue weighted by Crippen LogP contribution is 2.32. The molecule has 2 aromatic carbocycles. The average Bonchev–Trinajstić information content (AvgIpc) is 3.54. The number of nitrogens with zero attached hydrogens (tertiary/aromatic N) is 5. The number of tetrazole rings is 1. The fourth-order valence-corrected chi connectivity index (χ4v) is 5.12. The van der Waals surface area contributed by atoms with Gasteiger partial charge in [0.15, 0.2) is 0 Å². The molecule has 208 valence electrons. The smallest absolute Gasteiger partial charge is 0.251 e. The number of halogens is 1. The number of nitrogens with two attached hydrogens (primary N) is 2. The summed E-state index contributed by atoms with van der Waals surface area (Å²) in [5.74, 6) is -0.0409. The van der Waals surface area contributed by atoms with Crippen LogP contribution < -0.4 is 16.4 Å². The van der Waals surface area contributed by atoms with Gasteiger partial charge in [-0.25, -0.2) is 4.90 Å². The fourth-order valence-electron chi connectivity index (χ4n) is 5.12. The molecule has 1 atom stereocenters. The second kappa shape index (κ2) is 13.4. The lowest BCUT2D eigenvalue weighted by atomic mass is 9.81. The molecule has 0 unspecified atom stereocenters. The molecule has 2 amide bonds. The van der Waals surface area contributed by atoms with Gasteiger partial charge in [-0.1, -0.05) is 24.3 Å². The molecule has 2 aromatic heterocycles. The van der Waals surface area contributed by atoms with Crippen LogP contribution in [0.15, 0.2) is 73.1 Å². The Balaban J connectivity index is 0.00000370. The predicted octanol–water partition coefficient (Wildman–Crippen LogP) is 3.55. The van der Waals surface area contributed by atoms with Crippen molar-refractivity contribution >= 4 is 29.9 Å². The van der Waals surface area contributed by atoms with Crippen molar-refractivity contribution in [2.75, 3.05) is 11.4 Å². The van der Waals surface area contributed by atoms with Crippen molar-refractivity contribution in [3.8, 4) is 22.5 Å². The summed E-state index contributed by atoms with van der Waals surface area (Å²) in [6.45, 7) is 0.617. The van der Waals surface area contributed by atoms with E-state index in [2.05, 4.69) is 25.6 Å². The molecule has 0 bridgehead atoms. The lowest BCUT2D eigenvalue weighted by Gasteiger charge is -2.32. The number of rotatable bonds is 8. The number of benzene rings is 2. The number of carbonyl (C=O) groups is 2. The van der Waals surface area contributed by atoms with Gasteiger partial charge in [0, 0.05) is 23.9 Å². The van der Waals surface area contributed by atoms with E-state index in [0.717, 1.165) is 35.1 Å². The lowest BCUT2D eigenvalue weighted by Crippen LogP contribution is -2.50. The highest BCUT2D eigenvalue weighted by atomic mass is 35.5. The third-order valence-electron chi connectivity index (χ3n) is 7.44. The van der Waals surface area contributed by atoms with Crippen LogP contribution in [0.5, 0.6) is 0 Å². The number of aromatic amines is 1. The molecule has 4 aromatic rings. The van der Waals surface area contributed by atoms with Crippen LogP contribution in [0.3, 0.4) is 0 Å². The van der Waals surface area contributed by atoms with E-state index in [9.17, 15) is 9.59 Å². The molecule has 1 fully saturated rings. The zero-order chi connectivity index (χ0) is 27.2. The molecule has 0 saturated heterocycles. The molecular weight excluding hydrogens is 528 g/mol. The molecule has 5 N–H and O–H groups in total. The highest BCUT2D eigenvalue weighted by Gasteiger charge is 2.35. The van der Waals surface area contributed by atoms with Crippen molar-refractivity contribution in [2.45, 2.75) is 38.1 Å². The van der Waals surface area contributed by atoms with E-state index in [0.29, 0.717) is 43.2 Å². The van der Waals surface area contributed by atoms with Crippen molar-refractivity contribution in [1.82, 2.24) is 25.6 Å². The average molecular weight is 561 g/mol. The minimum Gasteiger partial charge on any atom is -0.330 e. The van der Waals surface area contributed by atoms with Gasteiger partial charge in [0.2, 0.25) is 11.7 Å². The standard InChI is InChI=1S/C29H32N8O2.ClH/c30-18-20-3-7-24(8-4-20)28(38)37(25-11-9-23(10-12-25)27-33-35-36-34-27)29(39)26(31)17-19-1-5-21(6-2-19)22-13-15-32-16-14-22;/h1-2,5-6,9-16,20,24,26H,3-4,7-8,17-18,30-31H2,(H,33,34,35,36);1H/t20-,24-,26-;/m0./s1. The first-order valence-electron chi connectivity index (χ1n) is 13.2. The number of amides is 2. The Bertz CT molecular complexity index is 1370. The lowest BCUT2D eigenvalue weighted by molar-refractivity contribution is -0.130. The number of imide groups is 1. The summed E-state index contributed by atoms with van der Waals surface area (Å²) in [4.78, 5) is 32.9. The van der Waals surface area contributed by atoms with Crippen LogP contribution in [0.4, 0.5) is 5.69 Å². The number of aromatic nitrogens is 5. The van der Waals surface area contributed by atoms with E-state index in [-0.39, 0.29) is 24.2 Å². The third kappa shape index (κ3) is 6.59. The Morgan fingerprint density at radius 3 is 2.12 bits per heavy atom. The predicted molar refractivity (Wildman–Crippen MR) is 155 cm³/mol. The SMILES string of the molecule is Cl.NC[C@H]1CC[C@H](C(=O)N(C(=O)[C@@H](N)Cc2ccc(-c3ccncc3)cc2)c2ccc(-c3nn[nH]n3)cc2)CC1. The molecule has 0 aliphatic heterocycles. The number of hydrogen-bond acceptors (Lipinski definition) is 8. The molecule has 0 radical (unpaired) electrons.